The fraction of sp³-hybridized carbons (Fsp3) is 0.156. The van der Waals surface area contributed by atoms with Crippen molar-refractivity contribution in [3.63, 3.8) is 0 Å². The number of hydrogen-bond acceptors (Lipinski definition) is 3. The summed E-state index contributed by atoms with van der Waals surface area (Å²) in [6.07, 6.45) is 0.832. The van der Waals surface area contributed by atoms with Gasteiger partial charge in [0.2, 0.25) is 0 Å². The minimum absolute atomic E-state index is 0.0714. The summed E-state index contributed by atoms with van der Waals surface area (Å²) in [5.74, 6) is -0.215. The molecule has 0 fully saturated rings. The monoisotopic (exact) mass is 486 g/mol. The first-order valence-electron chi connectivity index (χ1n) is 12.4. The number of benzene rings is 4. The molecule has 0 atom stereocenters. The summed E-state index contributed by atoms with van der Waals surface area (Å²) in [4.78, 5) is 39.3. The summed E-state index contributed by atoms with van der Waals surface area (Å²) >= 11 is 0. The molecule has 0 unspecified atom stereocenters. The number of rotatable bonds is 5. The van der Waals surface area contributed by atoms with Gasteiger partial charge in [0.25, 0.3) is 0 Å². The molecule has 0 radical (unpaired) electrons. The van der Waals surface area contributed by atoms with Gasteiger partial charge in [-0.1, -0.05) is 66.2 Å². The van der Waals surface area contributed by atoms with E-state index in [4.69, 9.17) is 0 Å². The van der Waals surface area contributed by atoms with Gasteiger partial charge in [-0.3, -0.25) is 18.7 Å². The van der Waals surface area contributed by atoms with Crippen LogP contribution in [0.1, 0.15) is 56.8 Å². The normalized spacial score (nSPS) is 13.7. The van der Waals surface area contributed by atoms with Crippen LogP contribution < -0.4 is 5.69 Å². The highest BCUT2D eigenvalue weighted by Crippen LogP contribution is 2.35. The van der Waals surface area contributed by atoms with E-state index in [2.05, 4.69) is 19.9 Å². The van der Waals surface area contributed by atoms with Crippen molar-refractivity contribution in [2.75, 3.05) is 0 Å². The number of carbonyl (C=O) groups excluding carboxylic acids is 2. The molecule has 1 aliphatic heterocycles. The van der Waals surface area contributed by atoms with Gasteiger partial charge in [0, 0.05) is 27.8 Å². The van der Waals surface area contributed by atoms with E-state index in [-0.39, 0.29) is 22.8 Å². The van der Waals surface area contributed by atoms with Gasteiger partial charge in [-0.15, -0.1) is 0 Å². The lowest BCUT2D eigenvalue weighted by Crippen LogP contribution is -2.35. The molecule has 4 aromatic carbocycles. The van der Waals surface area contributed by atoms with E-state index in [0.717, 1.165) is 28.7 Å². The van der Waals surface area contributed by atoms with E-state index in [1.54, 1.807) is 41.0 Å². The largest absolute Gasteiger partial charge is 0.334 e. The van der Waals surface area contributed by atoms with Crippen molar-refractivity contribution in [1.29, 1.82) is 0 Å². The van der Waals surface area contributed by atoms with Gasteiger partial charge in [-0.2, -0.15) is 0 Å². The summed E-state index contributed by atoms with van der Waals surface area (Å²) in [5.41, 5.74) is 6.67. The third kappa shape index (κ3) is 3.66. The number of aromatic nitrogens is 2. The van der Waals surface area contributed by atoms with Crippen LogP contribution in [0.2, 0.25) is 0 Å². The fourth-order valence-electron chi connectivity index (χ4n) is 5.39. The number of aryl methyl sites for hydroxylation is 1. The SMILES string of the molecule is Cc1ccc(C(=O)c2ccc(C(=O)c3ccc(-n4c(=O)n5c6c(cccc64)CC5(C)C)cc3)cc2)cc1. The van der Waals surface area contributed by atoms with Gasteiger partial charge >= 0.3 is 5.69 Å². The van der Waals surface area contributed by atoms with Crippen molar-refractivity contribution in [3.8, 4) is 5.69 Å². The van der Waals surface area contributed by atoms with Gasteiger partial charge in [0.15, 0.2) is 11.6 Å². The van der Waals surface area contributed by atoms with Crippen molar-refractivity contribution in [3.05, 3.63) is 135 Å². The molecule has 0 N–H and O–H groups in total. The van der Waals surface area contributed by atoms with E-state index >= 15 is 0 Å². The molecule has 6 rings (SSSR count). The summed E-state index contributed by atoms with van der Waals surface area (Å²) in [6, 6.07) is 27.4. The molecule has 5 aromatic rings. The first kappa shape index (κ1) is 22.9. The van der Waals surface area contributed by atoms with Crippen molar-refractivity contribution in [1.82, 2.24) is 9.13 Å². The van der Waals surface area contributed by atoms with Crippen molar-refractivity contribution in [2.45, 2.75) is 32.7 Å². The average Bonchev–Trinajstić information content (AvgIpc) is 3.37. The highest BCUT2D eigenvalue weighted by Gasteiger charge is 2.35. The molecule has 2 heterocycles. The Kier molecular flexibility index (Phi) is 5.12. The van der Waals surface area contributed by atoms with Crippen LogP contribution in [0.3, 0.4) is 0 Å². The molecule has 1 aliphatic rings. The van der Waals surface area contributed by atoms with Gasteiger partial charge < -0.3 is 0 Å². The molecule has 0 bridgehead atoms. The summed E-state index contributed by atoms with van der Waals surface area (Å²) in [7, 11) is 0. The first-order chi connectivity index (χ1) is 17.7. The van der Waals surface area contributed by atoms with Crippen molar-refractivity contribution in [2.24, 2.45) is 0 Å². The number of carbonyl (C=O) groups is 2. The summed E-state index contributed by atoms with van der Waals surface area (Å²) < 4.78 is 3.61. The Hall–Kier alpha value is -4.51. The third-order valence-electron chi connectivity index (χ3n) is 7.28. The fourth-order valence-corrected chi connectivity index (χ4v) is 5.39. The molecule has 37 heavy (non-hydrogen) atoms. The summed E-state index contributed by atoms with van der Waals surface area (Å²) in [5, 5.41) is 0. The van der Waals surface area contributed by atoms with Gasteiger partial charge in [0.1, 0.15) is 0 Å². The van der Waals surface area contributed by atoms with E-state index in [9.17, 15) is 14.4 Å². The van der Waals surface area contributed by atoms with Crippen LogP contribution in [0.15, 0.2) is 95.8 Å². The minimum atomic E-state index is -0.285. The molecule has 1 aromatic heterocycles. The lowest BCUT2D eigenvalue weighted by molar-refractivity contribution is 0.102. The van der Waals surface area contributed by atoms with E-state index in [0.29, 0.717) is 22.3 Å². The Balaban J connectivity index is 1.29. The van der Waals surface area contributed by atoms with E-state index in [1.807, 2.05) is 60.0 Å². The molecule has 0 spiro atoms. The second kappa shape index (κ2) is 8.27. The zero-order valence-corrected chi connectivity index (χ0v) is 21.0. The molecule has 182 valence electrons. The Morgan fingerprint density at radius 3 is 1.73 bits per heavy atom. The molecule has 0 saturated heterocycles. The van der Waals surface area contributed by atoms with E-state index in [1.165, 1.54) is 5.56 Å². The number of hydrogen-bond donors (Lipinski definition) is 0. The maximum Gasteiger partial charge on any atom is 0.334 e. The lowest BCUT2D eigenvalue weighted by atomic mass is 9.98. The Labute approximate surface area is 214 Å². The molecule has 0 amide bonds. The van der Waals surface area contributed by atoms with Gasteiger partial charge in [-0.25, -0.2) is 4.79 Å². The maximum atomic E-state index is 13.4. The molecule has 5 heteroatoms. The maximum absolute atomic E-state index is 13.4. The zero-order valence-electron chi connectivity index (χ0n) is 21.0. The highest BCUT2D eigenvalue weighted by atomic mass is 16.2. The highest BCUT2D eigenvalue weighted by molar-refractivity contribution is 6.11. The number of imidazole rings is 1. The Morgan fingerprint density at radius 2 is 1.19 bits per heavy atom. The predicted molar refractivity (Wildman–Crippen MR) is 145 cm³/mol. The van der Waals surface area contributed by atoms with Crippen LogP contribution in [0.5, 0.6) is 0 Å². The standard InChI is InChI=1S/C32H26N2O3/c1-20-7-9-21(10-8-20)29(35)22-11-13-23(14-12-22)30(36)24-15-17-26(18-16-24)33-27-6-4-5-25-19-32(2,3)34(28(25)27)31(33)37/h4-18H,19H2,1-3H3. The number of para-hydroxylation sites is 1. The zero-order chi connectivity index (χ0) is 25.9. The van der Waals surface area contributed by atoms with Gasteiger partial charge in [0.05, 0.1) is 16.7 Å². The molecular formula is C32H26N2O3. The second-order valence-electron chi connectivity index (χ2n) is 10.4. The number of ketones is 2. The van der Waals surface area contributed by atoms with Gasteiger partial charge in [-0.05, 0) is 63.1 Å². The average molecular weight is 487 g/mol. The van der Waals surface area contributed by atoms with E-state index < -0.39 is 0 Å². The smallest absolute Gasteiger partial charge is 0.289 e. The molecule has 0 aliphatic carbocycles. The van der Waals surface area contributed by atoms with Crippen LogP contribution in [-0.2, 0) is 12.0 Å². The quantitative estimate of drug-likeness (QED) is 0.293. The predicted octanol–water partition coefficient (Wildman–Crippen LogP) is 5.85. The van der Waals surface area contributed by atoms with Crippen LogP contribution >= 0.6 is 0 Å². The number of nitrogens with zero attached hydrogens (tertiary/aromatic N) is 2. The minimum Gasteiger partial charge on any atom is -0.289 e. The molecular weight excluding hydrogens is 460 g/mol. The van der Waals surface area contributed by atoms with Crippen LogP contribution in [0.4, 0.5) is 0 Å². The van der Waals surface area contributed by atoms with Crippen molar-refractivity contribution >= 4 is 22.6 Å². The Bertz CT molecular complexity index is 1750. The summed E-state index contributed by atoms with van der Waals surface area (Å²) in [6.45, 7) is 6.14. The second-order valence-corrected chi connectivity index (χ2v) is 10.4. The van der Waals surface area contributed by atoms with Crippen LogP contribution in [-0.4, -0.2) is 20.7 Å². The topological polar surface area (TPSA) is 61.1 Å². The first-order valence-corrected chi connectivity index (χ1v) is 12.4. The lowest BCUT2D eigenvalue weighted by Gasteiger charge is -2.20. The Morgan fingerprint density at radius 1 is 0.703 bits per heavy atom. The molecule has 0 saturated carbocycles. The third-order valence-corrected chi connectivity index (χ3v) is 7.28. The van der Waals surface area contributed by atoms with Crippen molar-refractivity contribution < 1.29 is 9.59 Å². The molecule has 5 nitrogen and oxygen atoms in total. The van der Waals surface area contributed by atoms with Crippen LogP contribution in [0.25, 0.3) is 16.7 Å². The van der Waals surface area contributed by atoms with Crippen LogP contribution in [0, 0.1) is 6.92 Å².